The lowest BCUT2D eigenvalue weighted by Gasteiger charge is -2.29. The number of aromatic nitrogens is 2. The van der Waals surface area contributed by atoms with Crippen molar-refractivity contribution in [1.82, 2.24) is 15.5 Å². The molecule has 1 aromatic heterocycles. The van der Waals surface area contributed by atoms with E-state index in [0.717, 1.165) is 15.9 Å². The molecule has 3 rings (SSSR count). The second-order valence-corrected chi connectivity index (χ2v) is 9.28. The molecule has 1 aromatic rings. The summed E-state index contributed by atoms with van der Waals surface area (Å²) in [7, 11) is 0. The van der Waals surface area contributed by atoms with Crippen LogP contribution in [0.5, 0.6) is 0 Å². The topological polar surface area (TPSA) is 66.9 Å². The summed E-state index contributed by atoms with van der Waals surface area (Å²) in [6, 6.07) is 0.894. The van der Waals surface area contributed by atoms with Crippen LogP contribution in [0.1, 0.15) is 64.7 Å². The highest BCUT2D eigenvalue weighted by atomic mass is 32.2. The zero-order valence-corrected chi connectivity index (χ0v) is 16.1. The van der Waals surface area contributed by atoms with Crippen LogP contribution < -0.4 is 10.6 Å². The number of nitrogens with zero attached hydrogens (tertiary/aromatic N) is 2. The predicted molar refractivity (Wildman–Crippen MR) is 101 cm³/mol. The molecule has 2 saturated carbocycles. The van der Waals surface area contributed by atoms with Crippen LogP contribution in [-0.4, -0.2) is 33.9 Å². The Morgan fingerprint density at radius 1 is 1.12 bits per heavy atom. The van der Waals surface area contributed by atoms with E-state index in [4.69, 9.17) is 0 Å². The number of nitrogens with one attached hydrogen (secondary N) is 2. The minimum Gasteiger partial charge on any atom is -0.357 e. The van der Waals surface area contributed by atoms with Gasteiger partial charge in [0.1, 0.15) is 0 Å². The second-order valence-electron chi connectivity index (χ2n) is 7.08. The number of carbonyl (C=O) groups excluding carboxylic acids is 1. The smallest absolute Gasteiger partial charge is 0.230 e. The van der Waals surface area contributed by atoms with E-state index < -0.39 is 0 Å². The third kappa shape index (κ3) is 5.34. The zero-order chi connectivity index (χ0) is 16.8. The summed E-state index contributed by atoms with van der Waals surface area (Å²) >= 11 is 3.06. The Morgan fingerprint density at radius 3 is 2.67 bits per heavy atom. The molecule has 2 unspecified atom stereocenters. The van der Waals surface area contributed by atoms with E-state index in [1.165, 1.54) is 63.1 Å². The van der Waals surface area contributed by atoms with Crippen molar-refractivity contribution in [2.75, 3.05) is 11.1 Å². The Balaban J connectivity index is 1.40. The van der Waals surface area contributed by atoms with Gasteiger partial charge in [-0.3, -0.25) is 4.79 Å². The molecule has 2 atom stereocenters. The predicted octanol–water partition coefficient (Wildman–Crippen LogP) is 4.07. The zero-order valence-electron chi connectivity index (χ0n) is 14.4. The van der Waals surface area contributed by atoms with Crippen molar-refractivity contribution >= 4 is 34.1 Å². The van der Waals surface area contributed by atoms with Crippen molar-refractivity contribution < 1.29 is 4.79 Å². The van der Waals surface area contributed by atoms with Crippen molar-refractivity contribution in [2.24, 2.45) is 5.92 Å². The summed E-state index contributed by atoms with van der Waals surface area (Å²) in [6.45, 7) is 2.24. The molecule has 134 valence electrons. The van der Waals surface area contributed by atoms with Crippen molar-refractivity contribution in [1.29, 1.82) is 0 Å². The van der Waals surface area contributed by atoms with E-state index >= 15 is 0 Å². The number of rotatable bonds is 6. The lowest BCUT2D eigenvalue weighted by molar-refractivity contribution is -0.119. The van der Waals surface area contributed by atoms with Gasteiger partial charge in [-0.15, -0.1) is 10.2 Å². The lowest BCUT2D eigenvalue weighted by atomic mass is 9.86. The van der Waals surface area contributed by atoms with Crippen LogP contribution in [0.3, 0.4) is 0 Å². The number of anilines is 1. The molecule has 0 aliphatic heterocycles. The van der Waals surface area contributed by atoms with Crippen LogP contribution in [0.4, 0.5) is 5.13 Å². The molecule has 2 aliphatic carbocycles. The van der Waals surface area contributed by atoms with E-state index in [2.05, 4.69) is 27.8 Å². The number of carbonyl (C=O) groups is 1. The first-order valence-electron chi connectivity index (χ1n) is 9.23. The molecule has 0 spiro atoms. The molecule has 2 aliphatic rings. The van der Waals surface area contributed by atoms with Crippen LogP contribution in [0.15, 0.2) is 4.34 Å². The molecular formula is C17H28N4OS2. The summed E-state index contributed by atoms with van der Waals surface area (Å²) in [5.74, 6) is 1.15. The maximum atomic E-state index is 12.2. The summed E-state index contributed by atoms with van der Waals surface area (Å²) in [6.07, 6.45) is 11.3. The Morgan fingerprint density at radius 2 is 1.88 bits per heavy atom. The molecule has 1 amide bonds. The molecule has 7 heteroatoms. The van der Waals surface area contributed by atoms with Gasteiger partial charge in [-0.2, -0.15) is 0 Å². The van der Waals surface area contributed by atoms with Crippen LogP contribution in [0.2, 0.25) is 0 Å². The van der Waals surface area contributed by atoms with Crippen molar-refractivity contribution in [3.8, 4) is 0 Å². The van der Waals surface area contributed by atoms with Gasteiger partial charge in [-0.1, -0.05) is 62.1 Å². The quantitative estimate of drug-likeness (QED) is 0.741. The van der Waals surface area contributed by atoms with E-state index in [0.29, 0.717) is 23.8 Å². The Labute approximate surface area is 152 Å². The minimum absolute atomic E-state index is 0.121. The van der Waals surface area contributed by atoms with Crippen LogP contribution in [-0.2, 0) is 4.79 Å². The first kappa shape index (κ1) is 18.0. The maximum Gasteiger partial charge on any atom is 0.230 e. The fraction of sp³-hybridized carbons (Fsp3) is 0.824. The molecule has 0 aromatic carbocycles. The summed E-state index contributed by atoms with van der Waals surface area (Å²) < 4.78 is 0.875. The van der Waals surface area contributed by atoms with Crippen LogP contribution >= 0.6 is 23.1 Å². The van der Waals surface area contributed by atoms with E-state index in [-0.39, 0.29) is 5.91 Å². The molecular weight excluding hydrogens is 340 g/mol. The van der Waals surface area contributed by atoms with Crippen molar-refractivity contribution in [3.63, 3.8) is 0 Å². The third-order valence-corrected chi connectivity index (χ3v) is 7.11. The van der Waals surface area contributed by atoms with Gasteiger partial charge in [0.2, 0.25) is 11.0 Å². The summed E-state index contributed by atoms with van der Waals surface area (Å²) in [4.78, 5) is 12.2. The third-order valence-electron chi connectivity index (χ3n) is 5.12. The number of hydrogen-bond acceptors (Lipinski definition) is 6. The highest BCUT2D eigenvalue weighted by Crippen LogP contribution is 2.28. The average Bonchev–Trinajstić information content (AvgIpc) is 3.03. The largest absolute Gasteiger partial charge is 0.357 e. The summed E-state index contributed by atoms with van der Waals surface area (Å²) in [5, 5.41) is 16.0. The Bertz CT molecular complexity index is 530. The highest BCUT2D eigenvalue weighted by molar-refractivity contribution is 8.01. The molecule has 1 heterocycles. The van der Waals surface area contributed by atoms with Crippen molar-refractivity contribution in [2.45, 2.75) is 81.1 Å². The molecule has 24 heavy (non-hydrogen) atoms. The highest BCUT2D eigenvalue weighted by Gasteiger charge is 2.23. The van der Waals surface area contributed by atoms with Gasteiger partial charge >= 0.3 is 0 Å². The first-order valence-corrected chi connectivity index (χ1v) is 11.0. The fourth-order valence-electron chi connectivity index (χ4n) is 3.65. The van der Waals surface area contributed by atoms with Crippen LogP contribution in [0.25, 0.3) is 0 Å². The lowest BCUT2D eigenvalue weighted by Crippen LogP contribution is -2.41. The molecule has 0 bridgehead atoms. The minimum atomic E-state index is 0.121. The van der Waals surface area contributed by atoms with E-state index in [1.54, 1.807) is 11.3 Å². The maximum absolute atomic E-state index is 12.2. The number of amides is 1. The second kappa shape index (κ2) is 9.04. The number of thioether (sulfide) groups is 1. The van der Waals surface area contributed by atoms with E-state index in [1.807, 2.05) is 0 Å². The first-order chi connectivity index (χ1) is 11.7. The molecule has 0 saturated heterocycles. The van der Waals surface area contributed by atoms with Crippen LogP contribution in [0, 0.1) is 5.92 Å². The van der Waals surface area contributed by atoms with Gasteiger partial charge in [-0.25, -0.2) is 0 Å². The van der Waals surface area contributed by atoms with Gasteiger partial charge in [0, 0.05) is 12.1 Å². The van der Waals surface area contributed by atoms with Gasteiger partial charge in [0.25, 0.3) is 0 Å². The Hall–Kier alpha value is -0.820. The molecule has 5 nitrogen and oxygen atoms in total. The fourth-order valence-corrected chi connectivity index (χ4v) is 5.29. The Kier molecular flexibility index (Phi) is 6.77. The molecule has 2 N–H and O–H groups in total. The van der Waals surface area contributed by atoms with E-state index in [9.17, 15) is 4.79 Å². The SMILES string of the molecule is CC1CCCCC1NC(=O)CSc1nnc(NC2CCCCC2)s1. The number of hydrogen-bond donors (Lipinski definition) is 2. The molecule has 2 fully saturated rings. The van der Waals surface area contributed by atoms with Gasteiger partial charge in [0.15, 0.2) is 4.34 Å². The monoisotopic (exact) mass is 368 g/mol. The van der Waals surface area contributed by atoms with Gasteiger partial charge < -0.3 is 10.6 Å². The molecule has 0 radical (unpaired) electrons. The van der Waals surface area contributed by atoms with Gasteiger partial charge in [0.05, 0.1) is 5.75 Å². The average molecular weight is 369 g/mol. The van der Waals surface area contributed by atoms with Gasteiger partial charge in [-0.05, 0) is 31.6 Å². The normalized spacial score (nSPS) is 25.4. The summed E-state index contributed by atoms with van der Waals surface area (Å²) in [5.41, 5.74) is 0. The standard InChI is InChI=1S/C17H28N4OS2/c1-12-7-5-6-10-14(12)19-15(22)11-23-17-21-20-16(24-17)18-13-8-3-2-4-9-13/h12-14H,2-11H2,1H3,(H,18,20)(H,19,22). The van der Waals surface area contributed by atoms with Crippen molar-refractivity contribution in [3.05, 3.63) is 0 Å².